The molecule has 1 saturated heterocycles. The molecule has 1 aliphatic heterocycles. The Bertz CT molecular complexity index is 352. The minimum atomic E-state index is -0.524. The second-order valence-electron chi connectivity index (χ2n) is 6.33. The first-order valence-electron chi connectivity index (χ1n) is 7.23. The van der Waals surface area contributed by atoms with Gasteiger partial charge in [-0.2, -0.15) is 0 Å². The molecule has 2 unspecified atom stereocenters. The highest BCUT2D eigenvalue weighted by Gasteiger charge is 2.33. The van der Waals surface area contributed by atoms with E-state index in [2.05, 4.69) is 5.32 Å². The number of carbonyl (C=O) groups excluding carboxylic acids is 2. The second-order valence-corrected chi connectivity index (χ2v) is 6.33. The van der Waals surface area contributed by atoms with Gasteiger partial charge in [-0.1, -0.05) is 20.8 Å². The molecule has 0 aromatic carbocycles. The van der Waals surface area contributed by atoms with Crippen LogP contribution in [0.25, 0.3) is 0 Å². The van der Waals surface area contributed by atoms with Gasteiger partial charge < -0.3 is 20.7 Å². The minimum absolute atomic E-state index is 0.0483. The van der Waals surface area contributed by atoms with Crippen molar-refractivity contribution < 1.29 is 14.3 Å². The van der Waals surface area contributed by atoms with Crippen molar-refractivity contribution in [3.05, 3.63) is 0 Å². The zero-order valence-electron chi connectivity index (χ0n) is 12.9. The van der Waals surface area contributed by atoms with Crippen LogP contribution in [0.4, 0.5) is 4.79 Å². The van der Waals surface area contributed by atoms with Crippen LogP contribution in [0.1, 0.15) is 40.5 Å². The molecular weight excluding hydrogens is 258 g/mol. The number of nitrogens with two attached hydrogens (primary N) is 1. The predicted octanol–water partition coefficient (Wildman–Crippen LogP) is 1.10. The normalized spacial score (nSPS) is 21.2. The molecule has 6 heteroatoms. The van der Waals surface area contributed by atoms with Gasteiger partial charge in [0.05, 0.1) is 12.6 Å². The van der Waals surface area contributed by atoms with E-state index in [0.717, 1.165) is 12.8 Å². The highest BCUT2D eigenvalue weighted by atomic mass is 16.5. The number of carbonyl (C=O) groups is 2. The number of hydrogen-bond donors (Lipinski definition) is 2. The van der Waals surface area contributed by atoms with Crippen LogP contribution in [0.2, 0.25) is 0 Å². The lowest BCUT2D eigenvalue weighted by Gasteiger charge is -2.37. The van der Waals surface area contributed by atoms with Crippen molar-refractivity contribution in [2.24, 2.45) is 11.1 Å². The number of piperidine rings is 1. The Labute approximate surface area is 121 Å². The van der Waals surface area contributed by atoms with Crippen molar-refractivity contribution in [2.45, 2.75) is 52.6 Å². The molecular formula is C14H27N3O3. The summed E-state index contributed by atoms with van der Waals surface area (Å²) in [4.78, 5) is 25.5. The number of nitrogens with zero attached hydrogens (tertiary/aromatic N) is 1. The standard InChI is InChI=1S/C14H27N3O3/c1-5-20-13(19)16-10-7-6-8-17(9-10)12(18)11(15)14(2,3)4/h10-11H,5-9,15H2,1-4H3,(H,16,19). The van der Waals surface area contributed by atoms with Gasteiger partial charge in [0.1, 0.15) is 0 Å². The van der Waals surface area contributed by atoms with E-state index >= 15 is 0 Å². The second kappa shape index (κ2) is 6.92. The van der Waals surface area contributed by atoms with E-state index in [1.165, 1.54) is 0 Å². The summed E-state index contributed by atoms with van der Waals surface area (Å²) in [6.07, 6.45) is 1.29. The summed E-state index contributed by atoms with van der Waals surface area (Å²) in [6.45, 7) is 9.16. The van der Waals surface area contributed by atoms with Gasteiger partial charge >= 0.3 is 6.09 Å². The van der Waals surface area contributed by atoms with Crippen LogP contribution >= 0.6 is 0 Å². The highest BCUT2D eigenvalue weighted by Crippen LogP contribution is 2.21. The molecule has 2 atom stereocenters. The van der Waals surface area contributed by atoms with E-state index in [-0.39, 0.29) is 17.4 Å². The van der Waals surface area contributed by atoms with E-state index in [1.807, 2.05) is 20.8 Å². The largest absolute Gasteiger partial charge is 0.450 e. The van der Waals surface area contributed by atoms with E-state index in [9.17, 15) is 9.59 Å². The SMILES string of the molecule is CCOC(=O)NC1CCCN(C(=O)C(N)C(C)(C)C)C1. The molecule has 0 aromatic rings. The van der Waals surface area contributed by atoms with Crippen LogP contribution in [-0.2, 0) is 9.53 Å². The fraction of sp³-hybridized carbons (Fsp3) is 0.857. The number of ether oxygens (including phenoxy) is 1. The lowest BCUT2D eigenvalue weighted by atomic mass is 9.86. The van der Waals surface area contributed by atoms with Crippen molar-refractivity contribution in [3.63, 3.8) is 0 Å². The number of nitrogens with one attached hydrogen (secondary N) is 1. The maximum atomic E-state index is 12.4. The number of hydrogen-bond acceptors (Lipinski definition) is 4. The van der Waals surface area contributed by atoms with Crippen LogP contribution < -0.4 is 11.1 Å². The number of amides is 2. The lowest BCUT2D eigenvalue weighted by molar-refractivity contribution is -0.136. The Morgan fingerprint density at radius 2 is 2.10 bits per heavy atom. The van der Waals surface area contributed by atoms with Crippen molar-refractivity contribution in [1.29, 1.82) is 0 Å². The van der Waals surface area contributed by atoms with Crippen molar-refractivity contribution >= 4 is 12.0 Å². The minimum Gasteiger partial charge on any atom is -0.450 e. The van der Waals surface area contributed by atoms with E-state index in [4.69, 9.17) is 10.5 Å². The highest BCUT2D eigenvalue weighted by molar-refractivity contribution is 5.82. The Morgan fingerprint density at radius 3 is 2.65 bits per heavy atom. The summed E-state index contributed by atoms with van der Waals surface area (Å²) < 4.78 is 4.86. The maximum absolute atomic E-state index is 12.4. The Morgan fingerprint density at radius 1 is 1.45 bits per heavy atom. The van der Waals surface area contributed by atoms with E-state index in [0.29, 0.717) is 19.7 Å². The van der Waals surface area contributed by atoms with Gasteiger partial charge in [0.15, 0.2) is 0 Å². The summed E-state index contributed by atoms with van der Waals surface area (Å²) in [5.41, 5.74) is 5.75. The first-order valence-corrected chi connectivity index (χ1v) is 7.23. The molecule has 1 fully saturated rings. The Balaban J connectivity index is 2.56. The zero-order valence-corrected chi connectivity index (χ0v) is 12.9. The molecule has 0 aliphatic carbocycles. The lowest BCUT2D eigenvalue weighted by Crippen LogP contribution is -2.56. The molecule has 0 radical (unpaired) electrons. The molecule has 1 rings (SSSR count). The molecule has 20 heavy (non-hydrogen) atoms. The van der Waals surface area contributed by atoms with Crippen LogP contribution in [0, 0.1) is 5.41 Å². The molecule has 3 N–H and O–H groups in total. The third-order valence-electron chi connectivity index (χ3n) is 3.53. The molecule has 0 bridgehead atoms. The fourth-order valence-corrected chi connectivity index (χ4v) is 2.20. The van der Waals surface area contributed by atoms with Crippen LogP contribution in [-0.4, -0.2) is 48.7 Å². The maximum Gasteiger partial charge on any atom is 0.407 e. The van der Waals surface area contributed by atoms with Crippen molar-refractivity contribution in [1.82, 2.24) is 10.2 Å². The first kappa shape index (κ1) is 16.8. The third-order valence-corrected chi connectivity index (χ3v) is 3.53. The molecule has 1 aliphatic rings. The summed E-state index contributed by atoms with van der Waals surface area (Å²) in [6, 6.07) is -0.581. The number of alkyl carbamates (subject to hydrolysis) is 1. The zero-order chi connectivity index (χ0) is 15.3. The summed E-state index contributed by atoms with van der Waals surface area (Å²) in [5, 5.41) is 2.79. The summed E-state index contributed by atoms with van der Waals surface area (Å²) in [7, 11) is 0. The average molecular weight is 285 g/mol. The van der Waals surface area contributed by atoms with Gasteiger partial charge in [0.25, 0.3) is 0 Å². The Kier molecular flexibility index (Phi) is 5.80. The summed E-state index contributed by atoms with van der Waals surface area (Å²) >= 11 is 0. The van der Waals surface area contributed by atoms with Crippen LogP contribution in [0.5, 0.6) is 0 Å². The molecule has 2 amide bonds. The fourth-order valence-electron chi connectivity index (χ4n) is 2.20. The monoisotopic (exact) mass is 285 g/mol. The number of likely N-dealkylation sites (tertiary alicyclic amines) is 1. The van der Waals surface area contributed by atoms with Crippen molar-refractivity contribution in [3.8, 4) is 0 Å². The first-order chi connectivity index (χ1) is 9.25. The predicted molar refractivity (Wildman–Crippen MR) is 77.2 cm³/mol. The third kappa shape index (κ3) is 4.67. The molecule has 1 heterocycles. The molecule has 0 spiro atoms. The number of rotatable bonds is 3. The molecule has 0 saturated carbocycles. The molecule has 6 nitrogen and oxygen atoms in total. The van der Waals surface area contributed by atoms with Gasteiger partial charge in [-0.15, -0.1) is 0 Å². The van der Waals surface area contributed by atoms with Gasteiger partial charge in [-0.25, -0.2) is 4.79 Å². The smallest absolute Gasteiger partial charge is 0.407 e. The van der Waals surface area contributed by atoms with Crippen molar-refractivity contribution in [2.75, 3.05) is 19.7 Å². The molecule has 116 valence electrons. The summed E-state index contributed by atoms with van der Waals surface area (Å²) in [5.74, 6) is -0.0483. The average Bonchev–Trinajstić information content (AvgIpc) is 2.36. The molecule has 0 aromatic heterocycles. The van der Waals surface area contributed by atoms with Crippen LogP contribution in [0.3, 0.4) is 0 Å². The Hall–Kier alpha value is -1.30. The quantitative estimate of drug-likeness (QED) is 0.813. The van der Waals surface area contributed by atoms with Gasteiger partial charge in [-0.05, 0) is 25.2 Å². The van der Waals surface area contributed by atoms with Crippen LogP contribution in [0.15, 0.2) is 0 Å². The topological polar surface area (TPSA) is 84.7 Å². The van der Waals surface area contributed by atoms with Gasteiger partial charge in [0.2, 0.25) is 5.91 Å². The van der Waals surface area contributed by atoms with E-state index < -0.39 is 12.1 Å². The van der Waals surface area contributed by atoms with Gasteiger partial charge in [0, 0.05) is 19.1 Å². The van der Waals surface area contributed by atoms with E-state index in [1.54, 1.807) is 11.8 Å². The van der Waals surface area contributed by atoms with Gasteiger partial charge in [-0.3, -0.25) is 4.79 Å².